The summed E-state index contributed by atoms with van der Waals surface area (Å²) in [6.07, 6.45) is 3.52. The molecule has 0 saturated carbocycles. The summed E-state index contributed by atoms with van der Waals surface area (Å²) in [6, 6.07) is 4.98. The van der Waals surface area contributed by atoms with Gasteiger partial charge < -0.3 is 9.84 Å². The van der Waals surface area contributed by atoms with E-state index >= 15 is 0 Å². The highest BCUT2D eigenvalue weighted by atomic mass is 32.2. The third-order valence-electron chi connectivity index (χ3n) is 4.67. The fraction of sp³-hybridized carbons (Fsp3) is 0.333. The number of benzene rings is 1. The van der Waals surface area contributed by atoms with Gasteiger partial charge >= 0.3 is 0 Å². The lowest BCUT2D eigenvalue weighted by Crippen LogP contribution is -2.38. The van der Waals surface area contributed by atoms with Crippen LogP contribution in [0.4, 0.5) is 0 Å². The maximum Gasteiger partial charge on any atom is 0.256 e. The molecule has 2 N–H and O–H groups in total. The van der Waals surface area contributed by atoms with Crippen LogP contribution in [0.3, 0.4) is 0 Å². The summed E-state index contributed by atoms with van der Waals surface area (Å²) < 4.78 is 29.0. The van der Waals surface area contributed by atoms with Gasteiger partial charge in [-0.15, -0.1) is 0 Å². The second-order valence-electron chi connectivity index (χ2n) is 6.84. The Morgan fingerprint density at radius 3 is 2.96 bits per heavy atom. The monoisotopic (exact) mass is 389 g/mol. The van der Waals surface area contributed by atoms with Crippen LogP contribution in [0, 0.1) is 0 Å². The van der Waals surface area contributed by atoms with Crippen molar-refractivity contribution in [2.24, 2.45) is 0 Å². The third kappa shape index (κ3) is 3.60. The Hall–Kier alpha value is -2.65. The molecule has 0 fully saturated rings. The lowest BCUT2D eigenvalue weighted by molar-refractivity contribution is 0.253. The molecule has 0 radical (unpaired) electrons. The SMILES string of the molecule is CS(=O)(=O)c1nc2c(c(=O)[nH]1)CN(CC1=Cc3cc(O)ccc3OC1)CC2. The Labute approximate surface area is 156 Å². The Bertz CT molecular complexity index is 1100. The van der Waals surface area contributed by atoms with E-state index in [9.17, 15) is 18.3 Å². The number of rotatable bonds is 3. The van der Waals surface area contributed by atoms with Crippen molar-refractivity contribution >= 4 is 15.9 Å². The molecular weight excluding hydrogens is 370 g/mol. The number of aromatic amines is 1. The van der Waals surface area contributed by atoms with Gasteiger partial charge in [0.25, 0.3) is 5.56 Å². The summed E-state index contributed by atoms with van der Waals surface area (Å²) >= 11 is 0. The van der Waals surface area contributed by atoms with Crippen molar-refractivity contribution in [3.63, 3.8) is 0 Å². The maximum atomic E-state index is 12.3. The van der Waals surface area contributed by atoms with Gasteiger partial charge in [0.1, 0.15) is 18.1 Å². The number of ether oxygens (including phenoxy) is 1. The van der Waals surface area contributed by atoms with E-state index in [1.54, 1.807) is 18.2 Å². The normalized spacial score (nSPS) is 16.9. The lowest BCUT2D eigenvalue weighted by Gasteiger charge is -2.29. The standard InChI is InChI=1S/C18H19N3O5S/c1-27(24,25)18-19-15-4-5-21(9-14(15)17(23)20-18)8-11-6-12-7-13(22)2-3-16(12)26-10-11/h2-3,6-7,22H,4-5,8-10H2,1H3,(H,19,20,23). The van der Waals surface area contributed by atoms with E-state index in [2.05, 4.69) is 14.9 Å². The quantitative estimate of drug-likeness (QED) is 0.744. The summed E-state index contributed by atoms with van der Waals surface area (Å²) in [5, 5.41) is 9.35. The Morgan fingerprint density at radius 2 is 2.19 bits per heavy atom. The number of aromatic hydroxyl groups is 1. The summed E-state index contributed by atoms with van der Waals surface area (Å²) in [5.74, 6) is 0.913. The molecule has 27 heavy (non-hydrogen) atoms. The number of hydrogen-bond acceptors (Lipinski definition) is 7. The van der Waals surface area contributed by atoms with Crippen LogP contribution < -0.4 is 10.3 Å². The van der Waals surface area contributed by atoms with Crippen LogP contribution in [0.1, 0.15) is 16.8 Å². The van der Waals surface area contributed by atoms with E-state index < -0.39 is 15.4 Å². The zero-order valence-corrected chi connectivity index (χ0v) is 15.5. The minimum absolute atomic E-state index is 0.182. The third-order valence-corrected chi connectivity index (χ3v) is 5.57. The summed E-state index contributed by atoms with van der Waals surface area (Å²) in [6.45, 7) is 2.12. The molecule has 1 aromatic heterocycles. The molecule has 0 saturated heterocycles. The van der Waals surface area contributed by atoms with E-state index in [0.29, 0.717) is 43.9 Å². The first-order valence-corrected chi connectivity index (χ1v) is 10.4. The molecule has 2 aromatic rings. The minimum Gasteiger partial charge on any atom is -0.508 e. The van der Waals surface area contributed by atoms with Crippen LogP contribution in [0.5, 0.6) is 11.5 Å². The predicted molar refractivity (Wildman–Crippen MR) is 98.5 cm³/mol. The van der Waals surface area contributed by atoms with E-state index in [4.69, 9.17) is 4.74 Å². The van der Waals surface area contributed by atoms with Crippen molar-refractivity contribution in [2.75, 3.05) is 26.0 Å². The number of fused-ring (bicyclic) bond motifs is 2. The average molecular weight is 389 g/mol. The van der Waals surface area contributed by atoms with Crippen LogP contribution in [0.25, 0.3) is 6.08 Å². The van der Waals surface area contributed by atoms with Gasteiger partial charge in [-0.1, -0.05) is 0 Å². The molecule has 2 aliphatic heterocycles. The molecule has 0 aliphatic carbocycles. The van der Waals surface area contributed by atoms with E-state index in [0.717, 1.165) is 23.1 Å². The first-order chi connectivity index (χ1) is 12.8. The number of nitrogens with one attached hydrogen (secondary N) is 1. The second-order valence-corrected chi connectivity index (χ2v) is 8.77. The molecule has 0 amide bonds. The van der Waals surface area contributed by atoms with Crippen molar-refractivity contribution in [3.8, 4) is 11.5 Å². The van der Waals surface area contributed by atoms with Crippen LogP contribution in [-0.2, 0) is 22.8 Å². The smallest absolute Gasteiger partial charge is 0.256 e. The molecule has 2 aliphatic rings. The number of H-pyrrole nitrogens is 1. The van der Waals surface area contributed by atoms with E-state index in [1.165, 1.54) is 0 Å². The topological polar surface area (TPSA) is 113 Å². The van der Waals surface area contributed by atoms with Gasteiger partial charge in [0, 0.05) is 37.9 Å². The fourth-order valence-electron chi connectivity index (χ4n) is 3.36. The summed E-state index contributed by atoms with van der Waals surface area (Å²) in [7, 11) is -3.55. The largest absolute Gasteiger partial charge is 0.508 e. The number of aromatic nitrogens is 2. The number of sulfone groups is 1. The van der Waals surface area contributed by atoms with Crippen molar-refractivity contribution < 1.29 is 18.3 Å². The predicted octanol–water partition coefficient (Wildman–Crippen LogP) is 0.713. The fourth-order valence-corrected chi connectivity index (χ4v) is 3.91. The van der Waals surface area contributed by atoms with E-state index in [1.807, 2.05) is 6.08 Å². The van der Waals surface area contributed by atoms with Gasteiger partial charge in [0.05, 0.1) is 11.3 Å². The number of phenols is 1. The second kappa shape index (κ2) is 6.50. The number of hydrogen-bond donors (Lipinski definition) is 2. The van der Waals surface area contributed by atoms with Crippen molar-refractivity contribution in [3.05, 3.63) is 50.9 Å². The molecule has 1 aromatic carbocycles. The maximum absolute atomic E-state index is 12.3. The lowest BCUT2D eigenvalue weighted by atomic mass is 10.0. The van der Waals surface area contributed by atoms with Gasteiger partial charge in [0.2, 0.25) is 15.0 Å². The van der Waals surface area contributed by atoms with Gasteiger partial charge in [-0.3, -0.25) is 14.7 Å². The van der Waals surface area contributed by atoms with Crippen LogP contribution in [0.2, 0.25) is 0 Å². The summed E-state index contributed by atoms with van der Waals surface area (Å²) in [4.78, 5) is 20.9. The van der Waals surface area contributed by atoms with Gasteiger partial charge in [-0.05, 0) is 29.8 Å². The van der Waals surface area contributed by atoms with Crippen molar-refractivity contribution in [1.82, 2.24) is 14.9 Å². The van der Waals surface area contributed by atoms with Crippen molar-refractivity contribution in [1.29, 1.82) is 0 Å². The highest BCUT2D eigenvalue weighted by Gasteiger charge is 2.24. The Morgan fingerprint density at radius 1 is 1.37 bits per heavy atom. The molecule has 0 atom stereocenters. The molecular formula is C18H19N3O5S. The molecule has 142 valence electrons. The van der Waals surface area contributed by atoms with Gasteiger partial charge in [-0.25, -0.2) is 13.4 Å². The van der Waals surface area contributed by atoms with E-state index in [-0.39, 0.29) is 10.9 Å². The van der Waals surface area contributed by atoms with Gasteiger partial charge in [0.15, 0.2) is 0 Å². The first kappa shape index (κ1) is 17.7. The first-order valence-electron chi connectivity index (χ1n) is 8.49. The Kier molecular flexibility index (Phi) is 4.27. The molecule has 8 nitrogen and oxygen atoms in total. The molecule has 0 bridgehead atoms. The zero-order valence-electron chi connectivity index (χ0n) is 14.7. The molecule has 3 heterocycles. The molecule has 4 rings (SSSR count). The number of phenolic OH excluding ortho intramolecular Hbond substituents is 1. The number of nitrogens with zero attached hydrogens (tertiary/aromatic N) is 2. The minimum atomic E-state index is -3.55. The zero-order chi connectivity index (χ0) is 19.2. The highest BCUT2D eigenvalue weighted by Crippen LogP contribution is 2.30. The molecule has 0 unspecified atom stereocenters. The van der Waals surface area contributed by atoms with Crippen LogP contribution >= 0.6 is 0 Å². The molecule has 0 spiro atoms. The highest BCUT2D eigenvalue weighted by molar-refractivity contribution is 7.90. The summed E-state index contributed by atoms with van der Waals surface area (Å²) in [5.41, 5.74) is 2.50. The van der Waals surface area contributed by atoms with Crippen LogP contribution in [-0.4, -0.2) is 54.3 Å². The van der Waals surface area contributed by atoms with Gasteiger partial charge in [-0.2, -0.15) is 0 Å². The Balaban J connectivity index is 1.55. The van der Waals surface area contributed by atoms with Crippen molar-refractivity contribution in [2.45, 2.75) is 18.1 Å². The van der Waals surface area contributed by atoms with Crippen LogP contribution in [0.15, 0.2) is 33.7 Å². The molecule has 9 heteroatoms. The average Bonchev–Trinajstić information content (AvgIpc) is 2.61.